The number of nitrogens with zero attached hydrogens (tertiary/aromatic N) is 5. The van der Waals surface area contributed by atoms with Crippen molar-refractivity contribution in [3.05, 3.63) is 72.6 Å². The van der Waals surface area contributed by atoms with E-state index >= 15 is 0 Å². The maximum Gasteiger partial charge on any atom is 0.162 e. The molecule has 7 nitrogen and oxygen atoms in total. The first-order valence-corrected chi connectivity index (χ1v) is 11.1. The monoisotopic (exact) mass is 441 g/mol. The molecule has 3 heterocycles. The van der Waals surface area contributed by atoms with Crippen LogP contribution in [-0.4, -0.2) is 60.3 Å². The summed E-state index contributed by atoms with van der Waals surface area (Å²) in [7, 11) is 3.33. The summed E-state index contributed by atoms with van der Waals surface area (Å²) in [6.07, 6.45) is 3.56. The van der Waals surface area contributed by atoms with E-state index in [1.165, 1.54) is 5.56 Å². The van der Waals surface area contributed by atoms with Crippen LogP contribution in [0, 0.1) is 0 Å². The molecule has 0 aliphatic carbocycles. The van der Waals surface area contributed by atoms with Gasteiger partial charge in [0, 0.05) is 56.1 Å². The van der Waals surface area contributed by atoms with E-state index in [-0.39, 0.29) is 0 Å². The van der Waals surface area contributed by atoms with Crippen molar-refractivity contribution in [2.45, 2.75) is 6.54 Å². The van der Waals surface area contributed by atoms with Crippen molar-refractivity contribution in [1.29, 1.82) is 0 Å². The number of aromatic nitrogens is 3. The Hall–Kier alpha value is -3.71. The van der Waals surface area contributed by atoms with Gasteiger partial charge in [0.05, 0.1) is 19.7 Å². The van der Waals surface area contributed by atoms with E-state index in [4.69, 9.17) is 19.4 Å². The van der Waals surface area contributed by atoms with E-state index in [0.717, 1.165) is 72.3 Å². The highest BCUT2D eigenvalue weighted by atomic mass is 16.5. The maximum absolute atomic E-state index is 5.46. The highest BCUT2D eigenvalue weighted by Crippen LogP contribution is 2.30. The summed E-state index contributed by atoms with van der Waals surface area (Å²) in [5, 5.41) is 1.09. The number of ether oxygens (including phenoxy) is 2. The van der Waals surface area contributed by atoms with Gasteiger partial charge in [0.25, 0.3) is 0 Å². The van der Waals surface area contributed by atoms with Gasteiger partial charge in [0.1, 0.15) is 5.82 Å². The van der Waals surface area contributed by atoms with Gasteiger partial charge < -0.3 is 14.4 Å². The number of fused-ring (bicyclic) bond motifs is 1. The minimum atomic E-state index is 0.735. The normalized spacial score (nSPS) is 14.4. The zero-order valence-corrected chi connectivity index (χ0v) is 18.9. The highest BCUT2D eigenvalue weighted by molar-refractivity contribution is 5.91. The van der Waals surface area contributed by atoms with Crippen molar-refractivity contribution in [2.75, 3.05) is 45.3 Å². The van der Waals surface area contributed by atoms with E-state index < -0.39 is 0 Å². The third-order valence-corrected chi connectivity index (χ3v) is 6.05. The minimum Gasteiger partial charge on any atom is -0.493 e. The minimum absolute atomic E-state index is 0.735. The van der Waals surface area contributed by atoms with E-state index in [2.05, 4.69) is 45.1 Å². The zero-order valence-electron chi connectivity index (χ0n) is 18.9. The van der Waals surface area contributed by atoms with E-state index in [1.807, 2.05) is 24.3 Å². The molecule has 2 aromatic heterocycles. The zero-order chi connectivity index (χ0) is 22.6. The molecule has 0 unspecified atom stereocenters. The molecule has 7 heteroatoms. The molecule has 0 spiro atoms. The smallest absolute Gasteiger partial charge is 0.162 e. The molecule has 1 aliphatic heterocycles. The second kappa shape index (κ2) is 9.42. The van der Waals surface area contributed by atoms with Gasteiger partial charge in [-0.25, -0.2) is 9.97 Å². The topological polar surface area (TPSA) is 63.6 Å². The molecule has 168 valence electrons. The number of pyridine rings is 1. The second-order valence-corrected chi connectivity index (χ2v) is 8.08. The number of piperazine rings is 1. The maximum atomic E-state index is 5.46. The molecular weight excluding hydrogens is 414 g/mol. The highest BCUT2D eigenvalue weighted by Gasteiger charge is 2.21. The molecule has 0 atom stereocenters. The average molecular weight is 442 g/mol. The van der Waals surface area contributed by atoms with Gasteiger partial charge in [-0.15, -0.1) is 0 Å². The molecule has 33 heavy (non-hydrogen) atoms. The number of methoxy groups -OCH3 is 2. The Morgan fingerprint density at radius 2 is 1.58 bits per heavy atom. The lowest BCUT2D eigenvalue weighted by Gasteiger charge is -2.36. The first-order valence-electron chi connectivity index (χ1n) is 11.1. The third-order valence-electron chi connectivity index (χ3n) is 6.05. The van der Waals surface area contributed by atoms with Crippen LogP contribution in [0.1, 0.15) is 5.56 Å². The number of rotatable bonds is 6. The molecule has 0 saturated carbocycles. The summed E-state index contributed by atoms with van der Waals surface area (Å²) in [6, 6.07) is 18.3. The van der Waals surface area contributed by atoms with Crippen LogP contribution in [0.2, 0.25) is 0 Å². The van der Waals surface area contributed by atoms with Crippen molar-refractivity contribution >= 4 is 16.7 Å². The van der Waals surface area contributed by atoms with Crippen molar-refractivity contribution in [1.82, 2.24) is 19.9 Å². The summed E-state index contributed by atoms with van der Waals surface area (Å²) in [5.74, 6) is 3.26. The Kier molecular flexibility index (Phi) is 6.04. The van der Waals surface area contributed by atoms with Crippen LogP contribution < -0.4 is 14.4 Å². The molecule has 1 fully saturated rings. The van der Waals surface area contributed by atoms with Crippen LogP contribution >= 0.6 is 0 Å². The molecular formula is C26H27N5O2. The van der Waals surface area contributed by atoms with Crippen molar-refractivity contribution in [3.8, 4) is 22.9 Å². The summed E-state index contributed by atoms with van der Waals surface area (Å²) in [4.78, 5) is 18.7. The predicted molar refractivity (Wildman–Crippen MR) is 130 cm³/mol. The van der Waals surface area contributed by atoms with Gasteiger partial charge in [-0.1, -0.05) is 18.2 Å². The Balaban J connectivity index is 1.35. The molecule has 2 aromatic carbocycles. The standard InChI is InChI=1S/C26H27N5O2/c1-32-23-8-7-19(17-24(23)33-2)18-30-13-15-31(16-14-30)26-21-5-3-4-6-22(21)28-25(29-26)20-9-11-27-12-10-20/h3-12,17H,13-16,18H2,1-2H3. The van der Waals surface area contributed by atoms with E-state index in [9.17, 15) is 0 Å². The Morgan fingerprint density at radius 3 is 2.33 bits per heavy atom. The molecule has 5 rings (SSSR count). The molecule has 0 bridgehead atoms. The third kappa shape index (κ3) is 4.45. The van der Waals surface area contributed by atoms with Gasteiger partial charge >= 0.3 is 0 Å². The number of hydrogen-bond acceptors (Lipinski definition) is 7. The molecule has 0 N–H and O–H groups in total. The molecule has 0 radical (unpaired) electrons. The molecule has 0 amide bonds. The number of benzene rings is 2. The number of anilines is 1. The lowest BCUT2D eigenvalue weighted by Crippen LogP contribution is -2.46. The lowest BCUT2D eigenvalue weighted by molar-refractivity contribution is 0.249. The predicted octanol–water partition coefficient (Wildman–Crippen LogP) is 4.03. The van der Waals surface area contributed by atoms with Crippen LogP contribution in [-0.2, 0) is 6.54 Å². The van der Waals surface area contributed by atoms with Gasteiger partial charge in [0.15, 0.2) is 17.3 Å². The number of para-hydroxylation sites is 1. The van der Waals surface area contributed by atoms with Gasteiger partial charge in [-0.05, 0) is 42.0 Å². The number of hydrogen-bond donors (Lipinski definition) is 0. The van der Waals surface area contributed by atoms with Crippen molar-refractivity contribution in [2.24, 2.45) is 0 Å². The summed E-state index contributed by atoms with van der Waals surface area (Å²) >= 11 is 0. The summed E-state index contributed by atoms with van der Waals surface area (Å²) in [6.45, 7) is 4.60. The molecule has 1 aliphatic rings. The van der Waals surface area contributed by atoms with Crippen molar-refractivity contribution in [3.63, 3.8) is 0 Å². The largest absolute Gasteiger partial charge is 0.493 e. The molecule has 4 aromatic rings. The Morgan fingerprint density at radius 1 is 0.818 bits per heavy atom. The fraction of sp³-hybridized carbons (Fsp3) is 0.269. The van der Waals surface area contributed by atoms with Gasteiger partial charge in [-0.3, -0.25) is 9.88 Å². The fourth-order valence-corrected chi connectivity index (χ4v) is 4.29. The SMILES string of the molecule is COc1ccc(CN2CCN(c3nc(-c4ccncc4)nc4ccccc34)CC2)cc1OC. The van der Waals surface area contributed by atoms with Gasteiger partial charge in [0.2, 0.25) is 0 Å². The quantitative estimate of drug-likeness (QED) is 0.448. The van der Waals surface area contributed by atoms with Crippen LogP contribution in [0.3, 0.4) is 0 Å². The lowest BCUT2D eigenvalue weighted by atomic mass is 10.1. The van der Waals surface area contributed by atoms with Crippen LogP contribution in [0.15, 0.2) is 67.0 Å². The van der Waals surface area contributed by atoms with Crippen LogP contribution in [0.4, 0.5) is 5.82 Å². The first-order chi connectivity index (χ1) is 16.2. The molecule has 1 saturated heterocycles. The van der Waals surface area contributed by atoms with Crippen LogP contribution in [0.5, 0.6) is 11.5 Å². The summed E-state index contributed by atoms with van der Waals surface area (Å²) < 4.78 is 10.8. The van der Waals surface area contributed by atoms with Gasteiger partial charge in [-0.2, -0.15) is 0 Å². The summed E-state index contributed by atoms with van der Waals surface area (Å²) in [5.41, 5.74) is 3.15. The Bertz CT molecular complexity index is 1240. The Labute approximate surface area is 193 Å². The van der Waals surface area contributed by atoms with Crippen molar-refractivity contribution < 1.29 is 9.47 Å². The fourth-order valence-electron chi connectivity index (χ4n) is 4.29. The van der Waals surface area contributed by atoms with E-state index in [0.29, 0.717) is 0 Å². The second-order valence-electron chi connectivity index (χ2n) is 8.08. The average Bonchev–Trinajstić information content (AvgIpc) is 2.89. The first kappa shape index (κ1) is 21.2. The van der Waals surface area contributed by atoms with Crippen LogP contribution in [0.25, 0.3) is 22.3 Å². The van der Waals surface area contributed by atoms with E-state index in [1.54, 1.807) is 26.6 Å².